The van der Waals surface area contributed by atoms with Gasteiger partial charge in [0.15, 0.2) is 22.3 Å². The molecule has 4 rings (SSSR count). The van der Waals surface area contributed by atoms with Gasteiger partial charge in [-0.05, 0) is 70.6 Å². The molecule has 31 heavy (non-hydrogen) atoms. The lowest BCUT2D eigenvalue weighted by atomic mass is 10.2. The Morgan fingerprint density at radius 1 is 1.10 bits per heavy atom. The Kier molecular flexibility index (Phi) is 5.99. The van der Waals surface area contributed by atoms with Crippen LogP contribution in [0.3, 0.4) is 0 Å². The number of halogens is 4. The van der Waals surface area contributed by atoms with Gasteiger partial charge < -0.3 is 9.73 Å². The van der Waals surface area contributed by atoms with E-state index in [9.17, 15) is 13.6 Å². The normalized spacial score (nSPS) is 10.8. The second-order valence-corrected chi connectivity index (χ2v) is 8.01. The number of thiocarbonyl (C=S) groups is 1. The zero-order valence-corrected chi connectivity index (χ0v) is 18.5. The Morgan fingerprint density at radius 3 is 2.61 bits per heavy atom. The van der Waals surface area contributed by atoms with Crippen LogP contribution in [0.1, 0.15) is 10.4 Å². The van der Waals surface area contributed by atoms with E-state index >= 15 is 0 Å². The molecule has 4 aromatic rings. The summed E-state index contributed by atoms with van der Waals surface area (Å²) in [6, 6.07) is 13.7. The average molecular weight is 523 g/mol. The highest BCUT2D eigenvalue weighted by atomic mass is 79.9. The van der Waals surface area contributed by atoms with Crippen molar-refractivity contribution in [2.45, 2.75) is 0 Å². The minimum absolute atomic E-state index is 0.0280. The van der Waals surface area contributed by atoms with Crippen LogP contribution in [0.25, 0.3) is 22.6 Å². The van der Waals surface area contributed by atoms with E-state index in [1.807, 2.05) is 0 Å². The maximum Gasteiger partial charge on any atom is 0.258 e. The molecule has 0 aliphatic carbocycles. The third-order valence-corrected chi connectivity index (χ3v) is 5.44. The molecule has 0 spiro atoms. The average Bonchev–Trinajstić information content (AvgIpc) is 3.14. The predicted molar refractivity (Wildman–Crippen MR) is 122 cm³/mol. The first-order valence-corrected chi connectivity index (χ1v) is 10.3. The molecule has 0 radical (unpaired) electrons. The number of oxazole rings is 1. The predicted octanol–water partition coefficient (Wildman–Crippen LogP) is 6.32. The molecule has 2 N–H and O–H groups in total. The number of aromatic nitrogens is 1. The summed E-state index contributed by atoms with van der Waals surface area (Å²) in [7, 11) is 0. The van der Waals surface area contributed by atoms with Gasteiger partial charge in [-0.15, -0.1) is 0 Å². The molecule has 0 saturated carbocycles. The zero-order valence-electron chi connectivity index (χ0n) is 15.4. The van der Waals surface area contributed by atoms with Gasteiger partial charge in [0.25, 0.3) is 5.91 Å². The highest BCUT2D eigenvalue weighted by Crippen LogP contribution is 2.32. The van der Waals surface area contributed by atoms with E-state index in [0.717, 1.165) is 12.1 Å². The fourth-order valence-electron chi connectivity index (χ4n) is 2.78. The molecule has 1 amide bonds. The smallest absolute Gasteiger partial charge is 0.258 e. The quantitative estimate of drug-likeness (QED) is 0.244. The number of amides is 1. The molecule has 0 unspecified atom stereocenters. The molecule has 0 bridgehead atoms. The van der Waals surface area contributed by atoms with Crippen molar-refractivity contribution in [2.75, 3.05) is 5.32 Å². The molecule has 1 aromatic heterocycles. The van der Waals surface area contributed by atoms with Gasteiger partial charge in [0.2, 0.25) is 5.89 Å². The molecule has 1 heterocycles. The first kappa shape index (κ1) is 21.4. The Balaban J connectivity index is 1.53. The Bertz CT molecular complexity index is 1350. The van der Waals surface area contributed by atoms with Crippen molar-refractivity contribution < 1.29 is 18.0 Å². The second-order valence-electron chi connectivity index (χ2n) is 6.34. The van der Waals surface area contributed by atoms with Crippen LogP contribution < -0.4 is 10.6 Å². The number of carbonyl (C=O) groups is 1. The van der Waals surface area contributed by atoms with E-state index in [1.165, 1.54) is 0 Å². The summed E-state index contributed by atoms with van der Waals surface area (Å²) in [5, 5.41) is 5.56. The van der Waals surface area contributed by atoms with Gasteiger partial charge in [0.1, 0.15) is 5.52 Å². The lowest BCUT2D eigenvalue weighted by Crippen LogP contribution is -2.34. The molecule has 0 saturated heterocycles. The summed E-state index contributed by atoms with van der Waals surface area (Å²) in [5.41, 5.74) is 1.94. The van der Waals surface area contributed by atoms with E-state index in [1.54, 1.807) is 42.5 Å². The van der Waals surface area contributed by atoms with Crippen LogP contribution in [0.4, 0.5) is 14.5 Å². The molecular formula is C21H11BrClF2N3O2S. The minimum atomic E-state index is -1.06. The standard InChI is InChI=1S/C21H11BrClF2N3O2S/c22-13-4-2-1-3-11(13)19(29)28-21(31)26-10-5-6-18-17(7-10)27-20(30-18)12-8-15(24)16(25)9-14(12)23/h1-9H,(H2,26,28,29,31). The summed E-state index contributed by atoms with van der Waals surface area (Å²) >= 11 is 14.5. The summed E-state index contributed by atoms with van der Waals surface area (Å²) in [6.07, 6.45) is 0. The van der Waals surface area contributed by atoms with Crippen LogP contribution in [0.5, 0.6) is 0 Å². The second kappa shape index (κ2) is 8.70. The Morgan fingerprint density at radius 2 is 1.84 bits per heavy atom. The molecule has 10 heteroatoms. The number of rotatable bonds is 3. The maximum atomic E-state index is 13.6. The first-order chi connectivity index (χ1) is 14.8. The van der Waals surface area contributed by atoms with Crippen molar-refractivity contribution in [3.8, 4) is 11.5 Å². The third kappa shape index (κ3) is 4.58. The van der Waals surface area contributed by atoms with E-state index in [0.29, 0.717) is 26.8 Å². The zero-order chi connectivity index (χ0) is 22.1. The summed E-state index contributed by atoms with van der Waals surface area (Å²) < 4.78 is 33.2. The summed E-state index contributed by atoms with van der Waals surface area (Å²) in [5.74, 6) is -2.45. The number of nitrogens with zero attached hydrogens (tertiary/aromatic N) is 1. The van der Waals surface area contributed by atoms with Gasteiger partial charge in [0.05, 0.1) is 16.1 Å². The number of nitrogens with one attached hydrogen (secondary N) is 2. The van der Waals surface area contributed by atoms with E-state index in [4.69, 9.17) is 28.2 Å². The van der Waals surface area contributed by atoms with Gasteiger partial charge in [0, 0.05) is 10.2 Å². The molecular weight excluding hydrogens is 512 g/mol. The van der Waals surface area contributed by atoms with Crippen molar-refractivity contribution in [1.82, 2.24) is 10.3 Å². The van der Waals surface area contributed by atoms with E-state index in [-0.39, 0.29) is 27.5 Å². The molecule has 3 aromatic carbocycles. The van der Waals surface area contributed by atoms with Crippen molar-refractivity contribution in [3.05, 3.63) is 81.3 Å². The molecule has 0 fully saturated rings. The van der Waals surface area contributed by atoms with Crippen molar-refractivity contribution in [1.29, 1.82) is 0 Å². The lowest BCUT2D eigenvalue weighted by Gasteiger charge is -2.10. The van der Waals surface area contributed by atoms with Gasteiger partial charge in [-0.1, -0.05) is 23.7 Å². The molecule has 5 nitrogen and oxygen atoms in total. The number of hydrogen-bond donors (Lipinski definition) is 2. The van der Waals surface area contributed by atoms with Crippen molar-refractivity contribution in [3.63, 3.8) is 0 Å². The number of carbonyl (C=O) groups excluding carboxylic acids is 1. The topological polar surface area (TPSA) is 67.2 Å². The molecule has 0 atom stereocenters. The number of benzene rings is 3. The van der Waals surface area contributed by atoms with Crippen LogP contribution >= 0.6 is 39.7 Å². The maximum absolute atomic E-state index is 13.6. The SMILES string of the molecule is O=C(NC(=S)Nc1ccc2oc(-c3cc(F)c(F)cc3Cl)nc2c1)c1ccccc1Br. The van der Waals surface area contributed by atoms with Crippen LogP contribution in [0.2, 0.25) is 5.02 Å². The lowest BCUT2D eigenvalue weighted by molar-refractivity contribution is 0.0977. The van der Waals surface area contributed by atoms with Crippen LogP contribution in [0.15, 0.2) is 63.5 Å². The summed E-state index contributed by atoms with van der Waals surface area (Å²) in [6.45, 7) is 0. The highest BCUT2D eigenvalue weighted by Gasteiger charge is 2.16. The number of anilines is 1. The highest BCUT2D eigenvalue weighted by molar-refractivity contribution is 9.10. The third-order valence-electron chi connectivity index (χ3n) is 4.23. The van der Waals surface area contributed by atoms with Gasteiger partial charge in [-0.3, -0.25) is 10.1 Å². The van der Waals surface area contributed by atoms with Gasteiger partial charge in [-0.2, -0.15) is 0 Å². The number of fused-ring (bicyclic) bond motifs is 1. The van der Waals surface area contributed by atoms with Gasteiger partial charge >= 0.3 is 0 Å². The van der Waals surface area contributed by atoms with E-state index < -0.39 is 11.6 Å². The van der Waals surface area contributed by atoms with E-state index in [2.05, 4.69) is 31.5 Å². The molecule has 0 aliphatic heterocycles. The van der Waals surface area contributed by atoms with Crippen molar-refractivity contribution >= 4 is 67.6 Å². The first-order valence-electron chi connectivity index (χ1n) is 8.74. The molecule has 156 valence electrons. The number of hydrogen-bond acceptors (Lipinski definition) is 4. The van der Waals surface area contributed by atoms with Crippen molar-refractivity contribution in [2.24, 2.45) is 0 Å². The molecule has 0 aliphatic rings. The monoisotopic (exact) mass is 521 g/mol. The Labute approximate surface area is 193 Å². The van der Waals surface area contributed by atoms with Crippen LogP contribution in [-0.2, 0) is 0 Å². The summed E-state index contributed by atoms with van der Waals surface area (Å²) in [4.78, 5) is 16.6. The largest absolute Gasteiger partial charge is 0.436 e. The van der Waals surface area contributed by atoms with Gasteiger partial charge in [-0.25, -0.2) is 13.8 Å². The fourth-order valence-corrected chi connectivity index (χ4v) is 3.69. The van der Waals surface area contributed by atoms with Crippen LogP contribution in [-0.4, -0.2) is 16.0 Å². The Hall–Kier alpha value is -2.88. The van der Waals surface area contributed by atoms with Crippen LogP contribution in [0, 0.1) is 11.6 Å². The fraction of sp³-hybridized carbons (Fsp3) is 0. The minimum Gasteiger partial charge on any atom is -0.436 e.